The average Bonchev–Trinajstić information content (AvgIpc) is 3.14. The maximum Gasteiger partial charge on any atom is 0.307 e. The van der Waals surface area contributed by atoms with Crippen LogP contribution in [0, 0.1) is 6.92 Å². The maximum atomic E-state index is 12.2. The van der Waals surface area contributed by atoms with Gasteiger partial charge in [-0.2, -0.15) is 4.98 Å². The number of thiazole rings is 1. The second-order valence-corrected chi connectivity index (χ2v) is 6.91. The van der Waals surface area contributed by atoms with Crippen LogP contribution in [-0.4, -0.2) is 14.7 Å². The molecule has 1 aliphatic rings. The van der Waals surface area contributed by atoms with Crippen molar-refractivity contribution in [2.45, 2.75) is 39.2 Å². The minimum absolute atomic E-state index is 0.0825. The molecule has 2 heterocycles. The normalized spacial score (nSPS) is 14.0. The Labute approximate surface area is 137 Å². The summed E-state index contributed by atoms with van der Waals surface area (Å²) in [6.45, 7) is 2.40. The molecule has 0 amide bonds. The fourth-order valence-corrected chi connectivity index (χ4v) is 4.14. The second-order valence-electron chi connectivity index (χ2n) is 5.86. The molecule has 0 bridgehead atoms. The third kappa shape index (κ3) is 2.63. The highest BCUT2D eigenvalue weighted by Crippen LogP contribution is 2.25. The van der Waals surface area contributed by atoms with E-state index in [4.69, 9.17) is 4.52 Å². The summed E-state index contributed by atoms with van der Waals surface area (Å²) >= 11 is 1.36. The van der Waals surface area contributed by atoms with Gasteiger partial charge in [0, 0.05) is 16.1 Å². The van der Waals surface area contributed by atoms with Gasteiger partial charge in [-0.1, -0.05) is 34.7 Å². The van der Waals surface area contributed by atoms with E-state index in [2.05, 4.69) is 10.1 Å². The Morgan fingerprint density at radius 3 is 2.96 bits per heavy atom. The molecular weight excluding hydrogens is 310 g/mol. The highest BCUT2D eigenvalue weighted by Gasteiger charge is 2.20. The summed E-state index contributed by atoms with van der Waals surface area (Å²) in [5, 5.41) is 4.06. The summed E-state index contributed by atoms with van der Waals surface area (Å²) in [6.07, 6.45) is 4.30. The average molecular weight is 327 g/mol. The van der Waals surface area contributed by atoms with Crippen molar-refractivity contribution in [3.05, 3.63) is 55.9 Å². The lowest BCUT2D eigenvalue weighted by Gasteiger charge is -2.12. The standard InChI is InChI=1S/C17H17N3O2S/c1-11-6-2-3-7-12(11)16-18-15(19-22-16)10-20-13-8-4-5-9-14(13)23-17(20)21/h2-3,6-7H,4-5,8-10H2,1H3. The first-order valence-electron chi connectivity index (χ1n) is 7.82. The molecule has 1 aromatic carbocycles. The lowest BCUT2D eigenvalue weighted by atomic mass is 10.0. The van der Waals surface area contributed by atoms with Crippen LogP contribution in [0.3, 0.4) is 0 Å². The first kappa shape index (κ1) is 14.4. The van der Waals surface area contributed by atoms with Crippen LogP contribution in [-0.2, 0) is 19.4 Å². The van der Waals surface area contributed by atoms with Crippen molar-refractivity contribution in [1.82, 2.24) is 14.7 Å². The van der Waals surface area contributed by atoms with Gasteiger partial charge in [0.15, 0.2) is 5.82 Å². The number of hydrogen-bond acceptors (Lipinski definition) is 5. The molecule has 0 aliphatic heterocycles. The van der Waals surface area contributed by atoms with Crippen molar-refractivity contribution in [2.75, 3.05) is 0 Å². The fourth-order valence-electron chi connectivity index (χ4n) is 3.07. The van der Waals surface area contributed by atoms with Crippen LogP contribution in [0.4, 0.5) is 0 Å². The van der Waals surface area contributed by atoms with Crippen LogP contribution in [0.1, 0.15) is 34.8 Å². The lowest BCUT2D eigenvalue weighted by Crippen LogP contribution is -2.18. The lowest BCUT2D eigenvalue weighted by molar-refractivity contribution is 0.419. The number of fused-ring (bicyclic) bond motifs is 1. The van der Waals surface area contributed by atoms with Gasteiger partial charge in [-0.15, -0.1) is 0 Å². The van der Waals surface area contributed by atoms with E-state index in [1.807, 2.05) is 35.8 Å². The Kier molecular flexibility index (Phi) is 3.61. The topological polar surface area (TPSA) is 60.9 Å². The van der Waals surface area contributed by atoms with Crippen LogP contribution in [0.15, 0.2) is 33.6 Å². The molecule has 5 nitrogen and oxygen atoms in total. The predicted octanol–water partition coefficient (Wildman–Crippen LogP) is 3.20. The maximum absolute atomic E-state index is 12.2. The Morgan fingerprint density at radius 2 is 2.09 bits per heavy atom. The third-order valence-corrected chi connectivity index (χ3v) is 5.37. The minimum Gasteiger partial charge on any atom is -0.334 e. The van der Waals surface area contributed by atoms with Crippen molar-refractivity contribution in [3.8, 4) is 11.5 Å². The Hall–Kier alpha value is -2.21. The van der Waals surface area contributed by atoms with Crippen LogP contribution >= 0.6 is 11.3 Å². The van der Waals surface area contributed by atoms with Gasteiger partial charge in [-0.25, -0.2) is 0 Å². The number of hydrogen-bond donors (Lipinski definition) is 0. The number of rotatable bonds is 3. The largest absolute Gasteiger partial charge is 0.334 e. The van der Waals surface area contributed by atoms with E-state index in [0.717, 1.165) is 36.1 Å². The highest BCUT2D eigenvalue weighted by atomic mass is 32.1. The van der Waals surface area contributed by atoms with Crippen LogP contribution in [0.25, 0.3) is 11.5 Å². The Bertz CT molecular complexity index is 907. The van der Waals surface area contributed by atoms with Gasteiger partial charge in [0.1, 0.15) is 0 Å². The van der Waals surface area contributed by atoms with Crippen molar-refractivity contribution >= 4 is 11.3 Å². The van der Waals surface area contributed by atoms with E-state index in [1.165, 1.54) is 22.6 Å². The van der Waals surface area contributed by atoms with E-state index in [0.29, 0.717) is 18.3 Å². The van der Waals surface area contributed by atoms with Gasteiger partial charge in [0.2, 0.25) is 0 Å². The molecule has 0 N–H and O–H groups in total. The summed E-state index contributed by atoms with van der Waals surface area (Å²) < 4.78 is 7.20. The van der Waals surface area contributed by atoms with E-state index in [9.17, 15) is 4.79 Å². The number of aromatic nitrogens is 3. The molecule has 0 fully saturated rings. The quantitative estimate of drug-likeness (QED) is 0.741. The molecule has 118 valence electrons. The van der Waals surface area contributed by atoms with Crippen LogP contribution in [0.2, 0.25) is 0 Å². The fraction of sp³-hybridized carbons (Fsp3) is 0.353. The molecule has 6 heteroatoms. The SMILES string of the molecule is Cc1ccccc1-c1nc(Cn2c3c(sc2=O)CCCC3)no1. The molecule has 0 unspecified atom stereocenters. The molecular formula is C17H17N3O2S. The molecule has 4 rings (SSSR count). The van der Waals surface area contributed by atoms with Gasteiger partial charge in [0.05, 0.1) is 6.54 Å². The van der Waals surface area contributed by atoms with Crippen molar-refractivity contribution in [1.29, 1.82) is 0 Å². The summed E-state index contributed by atoms with van der Waals surface area (Å²) in [5.41, 5.74) is 3.19. The van der Waals surface area contributed by atoms with Gasteiger partial charge < -0.3 is 4.52 Å². The molecule has 2 aromatic heterocycles. The molecule has 23 heavy (non-hydrogen) atoms. The van der Waals surface area contributed by atoms with E-state index in [-0.39, 0.29) is 4.87 Å². The minimum atomic E-state index is 0.0825. The van der Waals surface area contributed by atoms with Crippen molar-refractivity contribution in [3.63, 3.8) is 0 Å². The van der Waals surface area contributed by atoms with E-state index >= 15 is 0 Å². The summed E-state index contributed by atoms with van der Waals surface area (Å²) in [6, 6.07) is 7.91. The van der Waals surface area contributed by atoms with Gasteiger partial charge in [0.25, 0.3) is 5.89 Å². The van der Waals surface area contributed by atoms with Crippen molar-refractivity contribution < 1.29 is 4.52 Å². The zero-order valence-electron chi connectivity index (χ0n) is 12.9. The summed E-state index contributed by atoms with van der Waals surface area (Å²) in [7, 11) is 0. The molecule has 0 saturated heterocycles. The first-order valence-corrected chi connectivity index (χ1v) is 8.64. The molecule has 0 atom stereocenters. The number of aryl methyl sites for hydroxylation is 2. The smallest absolute Gasteiger partial charge is 0.307 e. The molecule has 0 saturated carbocycles. The van der Waals surface area contributed by atoms with Gasteiger partial charge in [-0.05, 0) is 44.2 Å². The van der Waals surface area contributed by atoms with Crippen molar-refractivity contribution in [2.24, 2.45) is 0 Å². The highest BCUT2D eigenvalue weighted by molar-refractivity contribution is 7.09. The molecule has 0 spiro atoms. The predicted molar refractivity (Wildman–Crippen MR) is 88.8 cm³/mol. The molecule has 0 radical (unpaired) electrons. The van der Waals surface area contributed by atoms with Gasteiger partial charge >= 0.3 is 4.87 Å². The van der Waals surface area contributed by atoms with E-state index in [1.54, 1.807) is 0 Å². The molecule has 3 aromatic rings. The monoisotopic (exact) mass is 327 g/mol. The summed E-state index contributed by atoms with van der Waals surface area (Å²) in [5.74, 6) is 1.06. The van der Waals surface area contributed by atoms with Crippen LogP contribution in [0.5, 0.6) is 0 Å². The zero-order valence-corrected chi connectivity index (χ0v) is 13.7. The number of benzene rings is 1. The molecule has 1 aliphatic carbocycles. The van der Waals surface area contributed by atoms with Crippen LogP contribution < -0.4 is 4.87 Å². The van der Waals surface area contributed by atoms with Gasteiger partial charge in [-0.3, -0.25) is 9.36 Å². The second kappa shape index (κ2) is 5.77. The Morgan fingerprint density at radius 1 is 1.26 bits per heavy atom. The Balaban J connectivity index is 1.65. The zero-order chi connectivity index (χ0) is 15.8. The number of nitrogens with zero attached hydrogens (tertiary/aromatic N) is 3. The van der Waals surface area contributed by atoms with E-state index < -0.39 is 0 Å². The first-order chi connectivity index (χ1) is 11.2. The third-order valence-electron chi connectivity index (χ3n) is 4.29. The summed E-state index contributed by atoms with van der Waals surface area (Å²) in [4.78, 5) is 18.0.